The van der Waals surface area contributed by atoms with Crippen LogP contribution >= 0.6 is 0 Å². The number of aliphatic hydroxyl groups is 1. The van der Waals surface area contributed by atoms with Gasteiger partial charge in [-0.3, -0.25) is 4.79 Å². The molecular formula is C32H53NO7. The Hall–Kier alpha value is -2.32. The maximum atomic E-state index is 13.3. The van der Waals surface area contributed by atoms with E-state index in [1.165, 1.54) is 12.7 Å². The van der Waals surface area contributed by atoms with E-state index in [-0.39, 0.29) is 23.7 Å². The second-order valence-corrected chi connectivity index (χ2v) is 12.0. The minimum absolute atomic E-state index is 0.0354. The fourth-order valence-corrected chi connectivity index (χ4v) is 5.70. The van der Waals surface area contributed by atoms with Gasteiger partial charge in [0.05, 0.1) is 26.9 Å². The van der Waals surface area contributed by atoms with E-state index in [2.05, 4.69) is 31.3 Å². The van der Waals surface area contributed by atoms with Crippen LogP contribution in [0.25, 0.3) is 0 Å². The molecular weight excluding hydrogens is 510 g/mol. The summed E-state index contributed by atoms with van der Waals surface area (Å²) in [7, 11) is 4.69. The van der Waals surface area contributed by atoms with Crippen LogP contribution in [0.2, 0.25) is 0 Å². The fraction of sp³-hybridized carbons (Fsp3) is 0.750. The van der Waals surface area contributed by atoms with Crippen LogP contribution in [0.5, 0.6) is 11.5 Å². The number of esters is 1. The maximum Gasteiger partial charge on any atom is 0.331 e. The highest BCUT2D eigenvalue weighted by atomic mass is 16.5. The van der Waals surface area contributed by atoms with Gasteiger partial charge in [0.2, 0.25) is 5.91 Å². The van der Waals surface area contributed by atoms with E-state index in [9.17, 15) is 14.7 Å². The van der Waals surface area contributed by atoms with Crippen LogP contribution in [0, 0.1) is 23.7 Å². The van der Waals surface area contributed by atoms with Crippen LogP contribution in [0.3, 0.4) is 0 Å². The zero-order valence-corrected chi connectivity index (χ0v) is 25.8. The molecule has 0 aliphatic heterocycles. The molecule has 0 heterocycles. The molecule has 1 aromatic rings. The molecule has 228 valence electrons. The average Bonchev–Trinajstić information content (AvgIpc) is 3.40. The summed E-state index contributed by atoms with van der Waals surface area (Å²) in [5.41, 5.74) is 0.233. The molecule has 1 aliphatic carbocycles. The van der Waals surface area contributed by atoms with Crippen LogP contribution in [-0.4, -0.2) is 63.2 Å². The van der Waals surface area contributed by atoms with Crippen LogP contribution in [-0.2, 0) is 25.5 Å². The number of rotatable bonds is 18. The molecule has 8 heteroatoms. The predicted molar refractivity (Wildman–Crippen MR) is 157 cm³/mol. The standard InChI is InChI=1S/C32H53NO7/c1-22(2)25(19-24-11-14-28(38-6)29(20-24)40-18-10-17-37-5)12-13-26(34)21-27(23(3)4)30(35)33-32(31(36)39-7)15-8-9-16-32/h11,14,20,22-23,25-27,34H,8-10,12-13,15-19,21H2,1-7H3,(H,33,35)/t25-,26-,27+/m1/s1. The van der Waals surface area contributed by atoms with Gasteiger partial charge in [0.25, 0.3) is 0 Å². The number of methoxy groups -OCH3 is 3. The van der Waals surface area contributed by atoms with E-state index in [0.717, 1.165) is 37.9 Å². The van der Waals surface area contributed by atoms with E-state index in [4.69, 9.17) is 18.9 Å². The van der Waals surface area contributed by atoms with Crippen molar-refractivity contribution in [3.8, 4) is 11.5 Å². The first-order valence-electron chi connectivity index (χ1n) is 14.9. The Morgan fingerprint density at radius 3 is 2.25 bits per heavy atom. The highest BCUT2D eigenvalue weighted by Gasteiger charge is 2.45. The Morgan fingerprint density at radius 1 is 0.975 bits per heavy atom. The van der Waals surface area contributed by atoms with E-state index >= 15 is 0 Å². The number of aliphatic hydroxyl groups excluding tert-OH is 1. The monoisotopic (exact) mass is 563 g/mol. The lowest BCUT2D eigenvalue weighted by atomic mass is 9.82. The summed E-state index contributed by atoms with van der Waals surface area (Å²) in [6.45, 7) is 9.60. The molecule has 0 radical (unpaired) electrons. The Labute approximate surface area is 241 Å². The summed E-state index contributed by atoms with van der Waals surface area (Å²) < 4.78 is 21.6. The summed E-state index contributed by atoms with van der Waals surface area (Å²) in [6, 6.07) is 6.08. The van der Waals surface area contributed by atoms with Crippen molar-refractivity contribution in [3.63, 3.8) is 0 Å². The van der Waals surface area contributed by atoms with Crippen molar-refractivity contribution in [3.05, 3.63) is 23.8 Å². The minimum atomic E-state index is -0.933. The third-order valence-corrected chi connectivity index (χ3v) is 8.35. The average molecular weight is 564 g/mol. The Kier molecular flexibility index (Phi) is 14.3. The largest absolute Gasteiger partial charge is 0.493 e. The number of hydrogen-bond donors (Lipinski definition) is 2. The van der Waals surface area contributed by atoms with Gasteiger partial charge in [-0.05, 0) is 74.0 Å². The Bertz CT molecular complexity index is 911. The van der Waals surface area contributed by atoms with Gasteiger partial charge in [0.15, 0.2) is 11.5 Å². The van der Waals surface area contributed by atoms with Gasteiger partial charge in [-0.1, -0.05) is 46.6 Å². The Morgan fingerprint density at radius 2 is 1.68 bits per heavy atom. The lowest BCUT2D eigenvalue weighted by Crippen LogP contribution is -2.55. The van der Waals surface area contributed by atoms with Gasteiger partial charge in [0, 0.05) is 26.1 Å². The third kappa shape index (κ3) is 9.95. The van der Waals surface area contributed by atoms with Crippen molar-refractivity contribution in [2.24, 2.45) is 23.7 Å². The highest BCUT2D eigenvalue weighted by Crippen LogP contribution is 2.34. The van der Waals surface area contributed by atoms with E-state index in [1.54, 1.807) is 14.2 Å². The fourth-order valence-electron chi connectivity index (χ4n) is 5.70. The van der Waals surface area contributed by atoms with E-state index in [1.807, 2.05) is 19.9 Å². The van der Waals surface area contributed by atoms with Crippen LogP contribution in [0.4, 0.5) is 0 Å². The van der Waals surface area contributed by atoms with Crippen LogP contribution in [0.15, 0.2) is 18.2 Å². The number of carbonyl (C=O) groups excluding carboxylic acids is 2. The summed E-state index contributed by atoms with van der Waals surface area (Å²) in [5.74, 6) is 1.34. The second-order valence-electron chi connectivity index (χ2n) is 12.0. The molecule has 0 bridgehead atoms. The number of amides is 1. The van der Waals surface area contributed by atoms with Gasteiger partial charge in [-0.15, -0.1) is 0 Å². The molecule has 0 spiro atoms. The quantitative estimate of drug-likeness (QED) is 0.184. The van der Waals surface area contributed by atoms with Crippen molar-refractivity contribution < 1.29 is 33.6 Å². The van der Waals surface area contributed by atoms with E-state index < -0.39 is 11.6 Å². The third-order valence-electron chi connectivity index (χ3n) is 8.35. The molecule has 1 aromatic carbocycles. The summed E-state index contributed by atoms with van der Waals surface area (Å²) in [6.07, 6.45) is 5.84. The molecule has 1 aliphatic rings. The lowest BCUT2D eigenvalue weighted by Gasteiger charge is -2.31. The molecule has 3 atom stereocenters. The minimum Gasteiger partial charge on any atom is -0.493 e. The zero-order valence-electron chi connectivity index (χ0n) is 25.8. The topological polar surface area (TPSA) is 103 Å². The molecule has 2 N–H and O–H groups in total. The first kappa shape index (κ1) is 33.9. The van der Waals surface area contributed by atoms with Gasteiger partial charge in [-0.25, -0.2) is 4.79 Å². The zero-order chi connectivity index (χ0) is 29.7. The first-order chi connectivity index (χ1) is 19.1. The molecule has 1 amide bonds. The molecule has 0 unspecified atom stereocenters. The summed E-state index contributed by atoms with van der Waals surface area (Å²) in [5, 5.41) is 14.1. The lowest BCUT2D eigenvalue weighted by molar-refractivity contribution is -0.151. The molecule has 1 saturated carbocycles. The van der Waals surface area contributed by atoms with E-state index in [0.29, 0.717) is 56.5 Å². The van der Waals surface area contributed by atoms with Crippen molar-refractivity contribution >= 4 is 11.9 Å². The number of benzene rings is 1. The molecule has 8 nitrogen and oxygen atoms in total. The molecule has 1 fully saturated rings. The van der Waals surface area contributed by atoms with Crippen LogP contribution in [0.1, 0.15) is 84.6 Å². The SMILES string of the molecule is COCCCOc1cc(C[C@@H](CC[C@@H](O)C[C@H](C(=O)NC2(C(=O)OC)CCCC2)C(C)C)C(C)C)ccc1OC. The molecule has 0 saturated heterocycles. The summed E-state index contributed by atoms with van der Waals surface area (Å²) in [4.78, 5) is 25.8. The van der Waals surface area contributed by atoms with Crippen molar-refractivity contribution in [2.45, 2.75) is 97.1 Å². The first-order valence-corrected chi connectivity index (χ1v) is 14.9. The smallest absolute Gasteiger partial charge is 0.331 e. The number of ether oxygens (including phenoxy) is 4. The van der Waals surface area contributed by atoms with Gasteiger partial charge in [0.1, 0.15) is 5.54 Å². The predicted octanol–water partition coefficient (Wildman–Crippen LogP) is 5.33. The van der Waals surface area contributed by atoms with Crippen molar-refractivity contribution in [1.82, 2.24) is 5.32 Å². The molecule has 40 heavy (non-hydrogen) atoms. The number of hydrogen-bond acceptors (Lipinski definition) is 7. The van der Waals surface area contributed by atoms with Crippen molar-refractivity contribution in [2.75, 3.05) is 34.5 Å². The normalized spacial score (nSPS) is 16.9. The Balaban J connectivity index is 2.00. The van der Waals surface area contributed by atoms with Gasteiger partial charge >= 0.3 is 5.97 Å². The van der Waals surface area contributed by atoms with Crippen molar-refractivity contribution in [1.29, 1.82) is 0 Å². The highest BCUT2D eigenvalue weighted by molar-refractivity contribution is 5.89. The summed E-state index contributed by atoms with van der Waals surface area (Å²) >= 11 is 0. The second kappa shape index (κ2) is 16.8. The van der Waals surface area contributed by atoms with Gasteiger partial charge < -0.3 is 29.4 Å². The van der Waals surface area contributed by atoms with Crippen LogP contribution < -0.4 is 14.8 Å². The molecule has 0 aromatic heterocycles. The maximum absolute atomic E-state index is 13.3. The number of carbonyl (C=O) groups is 2. The van der Waals surface area contributed by atoms with Gasteiger partial charge in [-0.2, -0.15) is 0 Å². The number of nitrogens with one attached hydrogen (secondary N) is 1. The molecule has 2 rings (SSSR count).